The third-order valence-corrected chi connectivity index (χ3v) is 14.8. The van der Waals surface area contributed by atoms with Crippen molar-refractivity contribution >= 4 is 97.5 Å². The molecular formula is C68H40N4. The number of aromatic nitrogens is 4. The van der Waals surface area contributed by atoms with Gasteiger partial charge in [0.25, 0.3) is 0 Å². The number of benzene rings is 11. The van der Waals surface area contributed by atoms with Crippen LogP contribution in [-0.4, -0.2) is 19.9 Å². The van der Waals surface area contributed by atoms with Gasteiger partial charge in [0.2, 0.25) is 0 Å². The molecule has 4 heteroatoms. The summed E-state index contributed by atoms with van der Waals surface area (Å²) in [5.74, 6) is 0. The van der Waals surface area contributed by atoms with Gasteiger partial charge in [-0.15, -0.1) is 0 Å². The van der Waals surface area contributed by atoms with Crippen LogP contribution in [0.4, 0.5) is 0 Å². The first kappa shape index (κ1) is 40.3. The van der Waals surface area contributed by atoms with Crippen LogP contribution < -0.4 is 0 Å². The highest BCUT2D eigenvalue weighted by Crippen LogP contribution is 2.46. The summed E-state index contributed by atoms with van der Waals surface area (Å²) in [5, 5.41) is 16.1. The van der Waals surface area contributed by atoms with Crippen LogP contribution in [0.15, 0.2) is 243 Å². The van der Waals surface area contributed by atoms with Gasteiger partial charge in [-0.25, -0.2) is 15.0 Å². The first-order chi connectivity index (χ1) is 35.7. The Bertz CT molecular complexity index is 4730. The minimum atomic E-state index is 0.849. The molecule has 4 aromatic heterocycles. The van der Waals surface area contributed by atoms with E-state index in [1.54, 1.807) is 0 Å². The summed E-state index contributed by atoms with van der Waals surface area (Å²) in [6, 6.07) is 85.4. The predicted octanol–water partition coefficient (Wildman–Crippen LogP) is 18.0. The fraction of sp³-hybridized carbons (Fsp3) is 0. The van der Waals surface area contributed by atoms with Crippen molar-refractivity contribution < 1.29 is 0 Å². The van der Waals surface area contributed by atoms with Crippen molar-refractivity contribution in [2.45, 2.75) is 0 Å². The number of pyridine rings is 4. The Hall–Kier alpha value is -9.64. The Morgan fingerprint density at radius 1 is 0.208 bits per heavy atom. The van der Waals surface area contributed by atoms with Crippen molar-refractivity contribution in [3.05, 3.63) is 243 Å². The highest BCUT2D eigenvalue weighted by atomic mass is 14.8. The van der Waals surface area contributed by atoms with Gasteiger partial charge in [-0.05, 0) is 137 Å². The monoisotopic (exact) mass is 912 g/mol. The molecule has 15 rings (SSSR count). The third kappa shape index (κ3) is 6.40. The Labute approximate surface area is 414 Å². The second kappa shape index (κ2) is 16.0. The van der Waals surface area contributed by atoms with Crippen molar-refractivity contribution in [1.82, 2.24) is 19.9 Å². The number of hydrogen-bond acceptors (Lipinski definition) is 4. The lowest BCUT2D eigenvalue weighted by Gasteiger charge is -2.19. The molecule has 11 aromatic carbocycles. The smallest absolute Gasteiger partial charge is 0.0986 e. The van der Waals surface area contributed by atoms with Crippen molar-refractivity contribution in [1.29, 1.82) is 0 Å². The highest BCUT2D eigenvalue weighted by Gasteiger charge is 2.20. The summed E-state index contributed by atoms with van der Waals surface area (Å²) in [7, 11) is 0. The maximum Gasteiger partial charge on any atom is 0.0986 e. The van der Waals surface area contributed by atoms with Crippen LogP contribution in [0.1, 0.15) is 0 Å². The van der Waals surface area contributed by atoms with E-state index in [1.165, 1.54) is 59.8 Å². The van der Waals surface area contributed by atoms with Crippen molar-refractivity contribution in [3.63, 3.8) is 0 Å². The van der Waals surface area contributed by atoms with E-state index in [1.807, 2.05) is 18.3 Å². The molecule has 0 atom stereocenters. The van der Waals surface area contributed by atoms with Gasteiger partial charge in [-0.3, -0.25) is 4.98 Å². The van der Waals surface area contributed by atoms with Crippen LogP contribution in [0.25, 0.3) is 153 Å². The van der Waals surface area contributed by atoms with Gasteiger partial charge in [-0.2, -0.15) is 0 Å². The maximum atomic E-state index is 5.40. The molecule has 4 nitrogen and oxygen atoms in total. The lowest BCUT2D eigenvalue weighted by Crippen LogP contribution is -1.94. The SMILES string of the molecule is c1ccc(-c2ccc3c4ccc(-c5ccc6ccc(-c7c8ccccc8c(-c8ccc9ccccc9c8)c8cc(-c9ccc%10ccc%11ccccc%11c%10n9)ccc78)cc6c5)nc4c4ncccc4c3n2)cc1. The molecule has 0 aliphatic rings. The molecule has 0 aliphatic heterocycles. The maximum absolute atomic E-state index is 5.40. The molecule has 0 spiro atoms. The minimum absolute atomic E-state index is 0.849. The van der Waals surface area contributed by atoms with Crippen LogP contribution in [0, 0.1) is 0 Å². The molecule has 0 N–H and O–H groups in total. The molecule has 0 saturated heterocycles. The third-order valence-electron chi connectivity index (χ3n) is 14.8. The lowest BCUT2D eigenvalue weighted by atomic mass is 9.84. The molecule has 0 amide bonds. The second-order valence-corrected chi connectivity index (χ2v) is 18.9. The topological polar surface area (TPSA) is 51.6 Å². The van der Waals surface area contributed by atoms with Crippen LogP contribution in [-0.2, 0) is 0 Å². The molecular weight excluding hydrogens is 873 g/mol. The van der Waals surface area contributed by atoms with Gasteiger partial charge in [0.15, 0.2) is 0 Å². The molecule has 4 heterocycles. The molecule has 0 saturated carbocycles. The van der Waals surface area contributed by atoms with Crippen molar-refractivity contribution in [2.24, 2.45) is 0 Å². The normalized spacial score (nSPS) is 11.9. The van der Waals surface area contributed by atoms with E-state index in [-0.39, 0.29) is 0 Å². The van der Waals surface area contributed by atoms with Gasteiger partial charge in [0.1, 0.15) is 0 Å². The molecule has 0 bridgehead atoms. The molecule has 0 aliphatic carbocycles. The molecule has 72 heavy (non-hydrogen) atoms. The van der Waals surface area contributed by atoms with Crippen molar-refractivity contribution in [3.8, 4) is 56.0 Å². The number of rotatable bonds is 5. The zero-order valence-electron chi connectivity index (χ0n) is 38.9. The van der Waals surface area contributed by atoms with Gasteiger partial charge in [0, 0.05) is 49.8 Å². The van der Waals surface area contributed by atoms with Crippen LogP contribution in [0.3, 0.4) is 0 Å². The summed E-state index contributed by atoms with van der Waals surface area (Å²) in [6.07, 6.45) is 1.85. The summed E-state index contributed by atoms with van der Waals surface area (Å²) in [5.41, 5.74) is 14.4. The van der Waals surface area contributed by atoms with Gasteiger partial charge in [0.05, 0.1) is 39.1 Å². The van der Waals surface area contributed by atoms with E-state index in [2.05, 4.69) is 224 Å². The van der Waals surface area contributed by atoms with E-state index < -0.39 is 0 Å². The highest BCUT2D eigenvalue weighted by molar-refractivity contribution is 6.24. The van der Waals surface area contributed by atoms with Crippen LogP contribution in [0.5, 0.6) is 0 Å². The average molecular weight is 913 g/mol. The zero-order chi connectivity index (χ0) is 47.3. The molecule has 0 radical (unpaired) electrons. The van der Waals surface area contributed by atoms with Gasteiger partial charge >= 0.3 is 0 Å². The predicted molar refractivity (Wildman–Crippen MR) is 302 cm³/mol. The Morgan fingerprint density at radius 2 is 0.681 bits per heavy atom. The lowest BCUT2D eigenvalue weighted by molar-refractivity contribution is 1.36. The van der Waals surface area contributed by atoms with E-state index >= 15 is 0 Å². The molecule has 332 valence electrons. The zero-order valence-corrected chi connectivity index (χ0v) is 38.9. The Kier molecular flexibility index (Phi) is 8.92. The van der Waals surface area contributed by atoms with E-state index in [4.69, 9.17) is 19.9 Å². The van der Waals surface area contributed by atoms with Gasteiger partial charge < -0.3 is 0 Å². The number of nitrogens with zero attached hydrogens (tertiary/aromatic N) is 4. The largest absolute Gasteiger partial charge is 0.254 e. The Balaban J connectivity index is 0.912. The fourth-order valence-corrected chi connectivity index (χ4v) is 11.3. The summed E-state index contributed by atoms with van der Waals surface area (Å²) in [6.45, 7) is 0. The number of fused-ring (bicyclic) bond motifs is 13. The first-order valence-electron chi connectivity index (χ1n) is 24.5. The average Bonchev–Trinajstić information content (AvgIpc) is 3.46. The van der Waals surface area contributed by atoms with Crippen molar-refractivity contribution in [2.75, 3.05) is 0 Å². The Morgan fingerprint density at radius 3 is 1.47 bits per heavy atom. The first-order valence-corrected chi connectivity index (χ1v) is 24.5. The summed E-state index contributed by atoms with van der Waals surface area (Å²) >= 11 is 0. The molecule has 0 unspecified atom stereocenters. The van der Waals surface area contributed by atoms with Crippen LogP contribution >= 0.6 is 0 Å². The van der Waals surface area contributed by atoms with Gasteiger partial charge in [-0.1, -0.05) is 170 Å². The van der Waals surface area contributed by atoms with E-state index in [0.29, 0.717) is 0 Å². The second-order valence-electron chi connectivity index (χ2n) is 18.9. The molecule has 0 fully saturated rings. The van der Waals surface area contributed by atoms with Crippen LogP contribution in [0.2, 0.25) is 0 Å². The minimum Gasteiger partial charge on any atom is -0.254 e. The fourth-order valence-electron chi connectivity index (χ4n) is 11.3. The number of hydrogen-bond donors (Lipinski definition) is 0. The van der Waals surface area contributed by atoms with E-state index in [9.17, 15) is 0 Å². The standard InChI is InChI=1S/C68H40N4/c1-2-13-44(14-3-1)60-34-31-56-57-32-35-62(72-68(57)67-58(66(56)71-60)19-10-36-69-67)47-25-20-42-22-27-50(39-51(42)38-47)63-53-17-8-9-18-54(53)64(49-26-21-41-11-4-5-15-46(41)37-49)59-40-48(28-30-55(59)63)61-33-29-45-24-23-43-12-6-7-16-52(43)65(45)70-61/h1-40H. The summed E-state index contributed by atoms with van der Waals surface area (Å²) < 4.78 is 0. The quantitative estimate of drug-likeness (QED) is 0.128. The molecule has 15 aromatic rings. The summed E-state index contributed by atoms with van der Waals surface area (Å²) in [4.78, 5) is 20.9. The van der Waals surface area contributed by atoms with E-state index in [0.717, 1.165) is 93.7 Å².